The van der Waals surface area contributed by atoms with E-state index < -0.39 is 28.8 Å². The summed E-state index contributed by atoms with van der Waals surface area (Å²) in [5.74, 6) is -1.68. The molecular weight excluding hydrogens is 446 g/mol. The molecule has 0 fully saturated rings. The van der Waals surface area contributed by atoms with Gasteiger partial charge in [0.15, 0.2) is 6.61 Å². The Morgan fingerprint density at radius 1 is 1.19 bits per heavy atom. The van der Waals surface area contributed by atoms with Crippen LogP contribution in [0.25, 0.3) is 0 Å². The van der Waals surface area contributed by atoms with Crippen molar-refractivity contribution < 1.29 is 24.0 Å². The fourth-order valence-electron chi connectivity index (χ4n) is 2.36. The van der Waals surface area contributed by atoms with Gasteiger partial charge in [-0.25, -0.2) is 4.79 Å². The Bertz CT molecular complexity index is 1060. The van der Waals surface area contributed by atoms with Crippen LogP contribution < -0.4 is 10.6 Å². The van der Waals surface area contributed by atoms with Crippen LogP contribution in [0.3, 0.4) is 0 Å². The van der Waals surface area contributed by atoms with Gasteiger partial charge in [0.05, 0.1) is 21.2 Å². The lowest BCUT2D eigenvalue weighted by atomic mass is 9.96. The number of anilines is 2. The van der Waals surface area contributed by atoms with E-state index in [-0.39, 0.29) is 27.9 Å². The van der Waals surface area contributed by atoms with Gasteiger partial charge in [0.1, 0.15) is 5.00 Å². The maximum atomic E-state index is 12.6. The van der Waals surface area contributed by atoms with E-state index in [9.17, 15) is 24.5 Å². The maximum absolute atomic E-state index is 12.6. The summed E-state index contributed by atoms with van der Waals surface area (Å²) in [5, 5.41) is 16.3. The van der Waals surface area contributed by atoms with Crippen LogP contribution in [0.2, 0.25) is 5.02 Å². The molecule has 2 amide bonds. The number of esters is 1. The molecule has 0 aliphatic heterocycles. The Morgan fingerprint density at radius 2 is 1.84 bits per heavy atom. The van der Waals surface area contributed by atoms with E-state index in [1.807, 2.05) is 6.92 Å². The van der Waals surface area contributed by atoms with E-state index in [2.05, 4.69) is 10.6 Å². The molecule has 0 saturated heterocycles. The third-order valence-corrected chi connectivity index (χ3v) is 5.71. The average Bonchev–Trinajstić information content (AvgIpc) is 2.94. The predicted molar refractivity (Wildman–Crippen MR) is 119 cm³/mol. The fourth-order valence-corrected chi connectivity index (χ4v) is 3.63. The molecule has 0 aliphatic carbocycles. The Balaban J connectivity index is 2.08. The zero-order valence-electron chi connectivity index (χ0n) is 17.6. The van der Waals surface area contributed by atoms with Crippen molar-refractivity contribution in [2.45, 2.75) is 34.6 Å². The number of nitro benzene ring substituents is 1. The first kappa shape index (κ1) is 24.3. The quantitative estimate of drug-likeness (QED) is 0.360. The second kappa shape index (κ2) is 9.44. The topological polar surface area (TPSA) is 128 Å². The molecular formula is C20H22ClN3O6S. The first-order valence-corrected chi connectivity index (χ1v) is 10.3. The van der Waals surface area contributed by atoms with Gasteiger partial charge in [-0.3, -0.25) is 19.7 Å². The van der Waals surface area contributed by atoms with Gasteiger partial charge in [0.25, 0.3) is 11.6 Å². The number of nitrogens with one attached hydrogen (secondary N) is 2. The minimum atomic E-state index is -0.754. The Labute approximate surface area is 187 Å². The Hall–Kier alpha value is -2.98. The van der Waals surface area contributed by atoms with Crippen molar-refractivity contribution >= 4 is 57.1 Å². The summed E-state index contributed by atoms with van der Waals surface area (Å²) in [6.45, 7) is 8.19. The number of carbonyl (C=O) groups excluding carboxylic acids is 3. The number of non-ortho nitro benzene ring substituents is 1. The van der Waals surface area contributed by atoms with Crippen molar-refractivity contribution in [2.75, 3.05) is 17.2 Å². The first-order chi connectivity index (χ1) is 14.3. The molecule has 0 radical (unpaired) electrons. The molecule has 0 bridgehead atoms. The van der Waals surface area contributed by atoms with Gasteiger partial charge in [0, 0.05) is 22.4 Å². The second-order valence-electron chi connectivity index (χ2n) is 7.74. The lowest BCUT2D eigenvalue weighted by Gasteiger charge is -2.17. The molecule has 0 saturated carbocycles. The summed E-state index contributed by atoms with van der Waals surface area (Å²) in [6.07, 6.45) is 0. The highest BCUT2D eigenvalue weighted by molar-refractivity contribution is 7.16. The highest BCUT2D eigenvalue weighted by Crippen LogP contribution is 2.34. The van der Waals surface area contributed by atoms with Crippen LogP contribution in [0.4, 0.5) is 16.4 Å². The highest BCUT2D eigenvalue weighted by atomic mass is 35.5. The molecule has 1 aromatic heterocycles. The van der Waals surface area contributed by atoms with Crippen molar-refractivity contribution in [2.24, 2.45) is 5.41 Å². The van der Waals surface area contributed by atoms with Crippen molar-refractivity contribution in [1.29, 1.82) is 0 Å². The van der Waals surface area contributed by atoms with E-state index in [1.54, 1.807) is 27.7 Å². The number of thiophene rings is 1. The SMILES string of the molecule is Cc1sc(NC(=O)C(C)(C)C)c(C(=O)OCC(=O)Nc2ccc([N+](=O)[O-])cc2Cl)c1C. The van der Waals surface area contributed by atoms with Gasteiger partial charge in [-0.1, -0.05) is 32.4 Å². The number of benzene rings is 1. The van der Waals surface area contributed by atoms with Crippen LogP contribution in [0.15, 0.2) is 18.2 Å². The number of rotatable bonds is 6. The number of hydrogen-bond donors (Lipinski definition) is 2. The van der Waals surface area contributed by atoms with E-state index in [4.69, 9.17) is 16.3 Å². The van der Waals surface area contributed by atoms with E-state index in [1.165, 1.54) is 23.5 Å². The maximum Gasteiger partial charge on any atom is 0.341 e. The van der Waals surface area contributed by atoms with E-state index >= 15 is 0 Å². The van der Waals surface area contributed by atoms with E-state index in [0.29, 0.717) is 10.6 Å². The number of nitrogens with zero attached hydrogens (tertiary/aromatic N) is 1. The summed E-state index contributed by atoms with van der Waals surface area (Å²) in [6, 6.07) is 3.58. The molecule has 0 spiro atoms. The number of amides is 2. The van der Waals surface area contributed by atoms with Gasteiger partial charge < -0.3 is 15.4 Å². The Kier molecular flexibility index (Phi) is 7.40. The summed E-state index contributed by atoms with van der Waals surface area (Å²) in [4.78, 5) is 48.1. The monoisotopic (exact) mass is 467 g/mol. The smallest absolute Gasteiger partial charge is 0.341 e. The zero-order chi connectivity index (χ0) is 23.5. The standard InChI is InChI=1S/C20H22ClN3O6S/c1-10-11(2)31-17(23-19(27)20(3,4)5)16(10)18(26)30-9-15(25)22-14-7-6-12(24(28)29)8-13(14)21/h6-8H,9H2,1-5H3,(H,22,25)(H,23,27). The average molecular weight is 468 g/mol. The largest absolute Gasteiger partial charge is 0.452 e. The molecule has 2 N–H and O–H groups in total. The van der Waals surface area contributed by atoms with Crippen LogP contribution in [-0.2, 0) is 14.3 Å². The van der Waals surface area contributed by atoms with Crippen LogP contribution in [0, 0.1) is 29.4 Å². The highest BCUT2D eigenvalue weighted by Gasteiger charge is 2.27. The van der Waals surface area contributed by atoms with Crippen molar-refractivity contribution in [3.05, 3.63) is 49.3 Å². The van der Waals surface area contributed by atoms with Crippen LogP contribution in [-0.4, -0.2) is 29.3 Å². The second-order valence-corrected chi connectivity index (χ2v) is 9.37. The van der Waals surface area contributed by atoms with Crippen LogP contribution >= 0.6 is 22.9 Å². The first-order valence-electron chi connectivity index (χ1n) is 9.13. The number of nitro groups is 1. The number of hydrogen-bond acceptors (Lipinski definition) is 7. The van der Waals surface area contributed by atoms with Gasteiger partial charge in [-0.2, -0.15) is 0 Å². The van der Waals surface area contributed by atoms with Gasteiger partial charge >= 0.3 is 5.97 Å². The van der Waals surface area contributed by atoms with Gasteiger partial charge in [0.2, 0.25) is 5.91 Å². The predicted octanol–water partition coefficient (Wildman–Crippen LogP) is 4.71. The normalized spacial score (nSPS) is 11.0. The lowest BCUT2D eigenvalue weighted by Crippen LogP contribution is -2.28. The number of ether oxygens (including phenoxy) is 1. The molecule has 9 nitrogen and oxygen atoms in total. The Morgan fingerprint density at radius 3 is 2.39 bits per heavy atom. The minimum absolute atomic E-state index is 0.0228. The minimum Gasteiger partial charge on any atom is -0.452 e. The number of carbonyl (C=O) groups is 3. The summed E-state index contributed by atoms with van der Waals surface area (Å²) in [7, 11) is 0. The summed E-state index contributed by atoms with van der Waals surface area (Å²) < 4.78 is 5.12. The van der Waals surface area contributed by atoms with Crippen molar-refractivity contribution in [3.63, 3.8) is 0 Å². The molecule has 1 heterocycles. The molecule has 2 aromatic rings. The molecule has 1 aromatic carbocycles. The molecule has 31 heavy (non-hydrogen) atoms. The van der Waals surface area contributed by atoms with Crippen molar-refractivity contribution in [3.8, 4) is 0 Å². The van der Waals surface area contributed by atoms with Crippen molar-refractivity contribution in [1.82, 2.24) is 0 Å². The molecule has 2 rings (SSSR count). The zero-order valence-corrected chi connectivity index (χ0v) is 19.2. The van der Waals surface area contributed by atoms with Gasteiger partial charge in [-0.05, 0) is 25.5 Å². The molecule has 166 valence electrons. The summed E-state index contributed by atoms with van der Waals surface area (Å²) >= 11 is 7.19. The number of aryl methyl sites for hydroxylation is 1. The van der Waals surface area contributed by atoms with Gasteiger partial charge in [-0.15, -0.1) is 11.3 Å². The lowest BCUT2D eigenvalue weighted by molar-refractivity contribution is -0.384. The third-order valence-electron chi connectivity index (χ3n) is 4.27. The van der Waals surface area contributed by atoms with Crippen LogP contribution in [0.1, 0.15) is 41.6 Å². The molecule has 0 aliphatic rings. The summed E-state index contributed by atoms with van der Waals surface area (Å²) in [5.41, 5.74) is 0.118. The molecule has 0 unspecified atom stereocenters. The van der Waals surface area contributed by atoms with E-state index in [0.717, 1.165) is 10.9 Å². The third kappa shape index (κ3) is 6.02. The molecule has 11 heteroatoms. The number of halogens is 1. The molecule has 0 atom stereocenters. The fraction of sp³-hybridized carbons (Fsp3) is 0.350. The van der Waals surface area contributed by atoms with Crippen LogP contribution in [0.5, 0.6) is 0 Å².